The number of hydrogen-bond acceptors (Lipinski definition) is 4. The summed E-state index contributed by atoms with van der Waals surface area (Å²) in [5.74, 6) is 4.76. The molecule has 118 valence electrons. The largest absolute Gasteiger partial charge is 0.383 e. The van der Waals surface area contributed by atoms with E-state index >= 15 is 0 Å². The smallest absolute Gasteiger partial charge is 0.241 e. The molecule has 0 saturated carbocycles. The predicted octanol–water partition coefficient (Wildman–Crippen LogP) is 1.64. The van der Waals surface area contributed by atoms with Gasteiger partial charge in [0.1, 0.15) is 0 Å². The first kappa shape index (κ1) is 17.6. The molecule has 0 aliphatic rings. The van der Waals surface area contributed by atoms with Gasteiger partial charge in [-0.25, -0.2) is 5.84 Å². The van der Waals surface area contributed by atoms with Gasteiger partial charge in [0.25, 0.3) is 0 Å². The van der Waals surface area contributed by atoms with Crippen molar-refractivity contribution in [3.05, 3.63) is 35.4 Å². The lowest BCUT2D eigenvalue weighted by molar-refractivity contribution is -0.122. The number of nitrogens with two attached hydrogens (primary N) is 1. The van der Waals surface area contributed by atoms with Crippen LogP contribution >= 0.6 is 0 Å². The number of rotatable bonds is 8. The van der Waals surface area contributed by atoms with Gasteiger partial charge in [0, 0.05) is 26.2 Å². The molecule has 0 spiro atoms. The first-order valence-corrected chi connectivity index (χ1v) is 7.31. The van der Waals surface area contributed by atoms with Crippen molar-refractivity contribution in [1.82, 2.24) is 10.3 Å². The van der Waals surface area contributed by atoms with Crippen LogP contribution in [0.2, 0.25) is 0 Å². The molecule has 1 aromatic carbocycles. The summed E-state index contributed by atoms with van der Waals surface area (Å²) in [6.07, 6.45) is 0. The van der Waals surface area contributed by atoms with Crippen molar-refractivity contribution in [2.75, 3.05) is 20.3 Å². The van der Waals surface area contributed by atoms with Crippen LogP contribution in [-0.4, -0.2) is 37.1 Å². The van der Waals surface area contributed by atoms with E-state index in [0.29, 0.717) is 6.04 Å². The molecule has 0 saturated heterocycles. The summed E-state index contributed by atoms with van der Waals surface area (Å²) in [5, 5.41) is 0. The first-order chi connectivity index (χ1) is 9.99. The number of amides is 1. The lowest BCUT2D eigenvalue weighted by atomic mass is 9.99. The van der Waals surface area contributed by atoms with Crippen LogP contribution < -0.4 is 11.3 Å². The van der Waals surface area contributed by atoms with E-state index in [4.69, 9.17) is 10.6 Å². The number of ether oxygens (including phenoxy) is 1. The fourth-order valence-electron chi connectivity index (χ4n) is 2.15. The molecule has 0 fully saturated rings. The molecule has 1 amide bonds. The van der Waals surface area contributed by atoms with E-state index in [2.05, 4.69) is 36.3 Å². The third-order valence-electron chi connectivity index (χ3n) is 3.71. The number of carbonyl (C=O) groups excluding carboxylic acids is 1. The highest BCUT2D eigenvalue weighted by Gasteiger charge is 2.14. The maximum atomic E-state index is 11.5. The van der Waals surface area contributed by atoms with Crippen molar-refractivity contribution in [1.29, 1.82) is 0 Å². The Morgan fingerprint density at radius 1 is 1.29 bits per heavy atom. The minimum Gasteiger partial charge on any atom is -0.383 e. The topological polar surface area (TPSA) is 67.6 Å². The van der Waals surface area contributed by atoms with E-state index in [1.165, 1.54) is 5.56 Å². The minimum atomic E-state index is -0.237. The summed E-state index contributed by atoms with van der Waals surface area (Å²) in [7, 11) is 1.72. The highest BCUT2D eigenvalue weighted by molar-refractivity contribution is 5.82. The molecule has 1 aromatic rings. The van der Waals surface area contributed by atoms with Gasteiger partial charge in [0.05, 0.1) is 12.5 Å². The van der Waals surface area contributed by atoms with Crippen molar-refractivity contribution in [3.8, 4) is 0 Å². The summed E-state index contributed by atoms with van der Waals surface area (Å²) < 4.78 is 5.15. The van der Waals surface area contributed by atoms with Gasteiger partial charge in [-0.2, -0.15) is 0 Å². The average Bonchev–Trinajstić information content (AvgIpc) is 2.50. The minimum absolute atomic E-state index is 0.174. The zero-order chi connectivity index (χ0) is 15.8. The number of hydrogen-bond donors (Lipinski definition) is 2. The normalized spacial score (nSPS) is 12.7. The van der Waals surface area contributed by atoms with Gasteiger partial charge < -0.3 is 4.74 Å². The van der Waals surface area contributed by atoms with Gasteiger partial charge >= 0.3 is 0 Å². The van der Waals surface area contributed by atoms with Crippen LogP contribution in [0.5, 0.6) is 0 Å². The van der Waals surface area contributed by atoms with Gasteiger partial charge in [-0.05, 0) is 31.9 Å². The highest BCUT2D eigenvalue weighted by atomic mass is 16.5. The van der Waals surface area contributed by atoms with E-state index in [0.717, 1.165) is 25.3 Å². The molecule has 0 aromatic heterocycles. The lowest BCUT2D eigenvalue weighted by Gasteiger charge is -2.26. The SMILES string of the molecule is COCCN(Cc1ccc(C(C)C(=O)NN)cc1)C(C)C. The molecule has 0 radical (unpaired) electrons. The Labute approximate surface area is 127 Å². The van der Waals surface area contributed by atoms with Gasteiger partial charge in [0.15, 0.2) is 0 Å². The predicted molar refractivity (Wildman–Crippen MR) is 84.6 cm³/mol. The van der Waals surface area contributed by atoms with Crippen LogP contribution in [0.25, 0.3) is 0 Å². The molecule has 0 bridgehead atoms. The van der Waals surface area contributed by atoms with Crippen LogP contribution in [0.15, 0.2) is 24.3 Å². The number of hydrazine groups is 1. The Morgan fingerprint density at radius 2 is 1.90 bits per heavy atom. The van der Waals surface area contributed by atoms with E-state index in [1.54, 1.807) is 7.11 Å². The molecule has 21 heavy (non-hydrogen) atoms. The Kier molecular flexibility index (Phi) is 7.36. The summed E-state index contributed by atoms with van der Waals surface area (Å²) in [6.45, 7) is 8.70. The maximum absolute atomic E-state index is 11.5. The fraction of sp³-hybridized carbons (Fsp3) is 0.562. The number of benzene rings is 1. The van der Waals surface area contributed by atoms with Gasteiger partial charge in [-0.15, -0.1) is 0 Å². The third-order valence-corrected chi connectivity index (χ3v) is 3.71. The highest BCUT2D eigenvalue weighted by Crippen LogP contribution is 2.17. The molecule has 0 heterocycles. The van der Waals surface area contributed by atoms with Crippen molar-refractivity contribution in [2.24, 2.45) is 5.84 Å². The van der Waals surface area contributed by atoms with Crippen LogP contribution in [0.3, 0.4) is 0 Å². The summed E-state index contributed by atoms with van der Waals surface area (Å²) in [5.41, 5.74) is 4.38. The Bertz CT molecular complexity index is 432. The monoisotopic (exact) mass is 293 g/mol. The Balaban J connectivity index is 2.70. The van der Waals surface area contributed by atoms with Crippen molar-refractivity contribution in [2.45, 2.75) is 39.3 Å². The first-order valence-electron chi connectivity index (χ1n) is 7.31. The second-order valence-corrected chi connectivity index (χ2v) is 5.53. The molecule has 5 heteroatoms. The van der Waals surface area contributed by atoms with E-state index < -0.39 is 0 Å². The molecule has 0 aliphatic carbocycles. The molecular formula is C16H27N3O2. The van der Waals surface area contributed by atoms with E-state index in [9.17, 15) is 4.79 Å². The van der Waals surface area contributed by atoms with Crippen LogP contribution in [0, 0.1) is 0 Å². The second-order valence-electron chi connectivity index (χ2n) is 5.53. The zero-order valence-corrected chi connectivity index (χ0v) is 13.4. The van der Waals surface area contributed by atoms with Crippen LogP contribution in [0.4, 0.5) is 0 Å². The maximum Gasteiger partial charge on any atom is 0.241 e. The Morgan fingerprint density at radius 3 is 2.38 bits per heavy atom. The van der Waals surface area contributed by atoms with Crippen molar-refractivity contribution < 1.29 is 9.53 Å². The van der Waals surface area contributed by atoms with Gasteiger partial charge in [-0.3, -0.25) is 15.1 Å². The molecule has 1 atom stereocenters. The fourth-order valence-corrected chi connectivity index (χ4v) is 2.15. The molecular weight excluding hydrogens is 266 g/mol. The van der Waals surface area contributed by atoms with Crippen LogP contribution in [0.1, 0.15) is 37.8 Å². The number of nitrogens with one attached hydrogen (secondary N) is 1. The zero-order valence-electron chi connectivity index (χ0n) is 13.4. The van der Waals surface area contributed by atoms with Gasteiger partial charge in [0.2, 0.25) is 5.91 Å². The number of methoxy groups -OCH3 is 1. The van der Waals surface area contributed by atoms with Gasteiger partial charge in [-0.1, -0.05) is 24.3 Å². The Hall–Kier alpha value is -1.43. The standard InChI is InChI=1S/C16H27N3O2/c1-12(2)19(9-10-21-4)11-14-5-7-15(8-6-14)13(3)16(20)18-17/h5-8,12-13H,9-11,17H2,1-4H3,(H,18,20). The average molecular weight is 293 g/mol. The third kappa shape index (κ3) is 5.46. The van der Waals surface area contributed by atoms with E-state index in [-0.39, 0.29) is 11.8 Å². The molecule has 5 nitrogen and oxygen atoms in total. The summed E-state index contributed by atoms with van der Waals surface area (Å²) >= 11 is 0. The second kappa shape index (κ2) is 8.77. The lowest BCUT2D eigenvalue weighted by Crippen LogP contribution is -2.34. The van der Waals surface area contributed by atoms with E-state index in [1.807, 2.05) is 19.1 Å². The quantitative estimate of drug-likeness (QED) is 0.434. The summed E-state index contributed by atoms with van der Waals surface area (Å²) in [6, 6.07) is 8.57. The molecule has 1 unspecified atom stereocenters. The van der Waals surface area contributed by atoms with Crippen molar-refractivity contribution in [3.63, 3.8) is 0 Å². The van der Waals surface area contributed by atoms with Crippen molar-refractivity contribution >= 4 is 5.91 Å². The molecule has 1 rings (SSSR count). The summed E-state index contributed by atoms with van der Waals surface area (Å²) in [4.78, 5) is 13.9. The number of nitrogens with zero attached hydrogens (tertiary/aromatic N) is 1. The number of carbonyl (C=O) groups is 1. The molecule has 0 aliphatic heterocycles. The van der Waals surface area contributed by atoms with Crippen LogP contribution in [-0.2, 0) is 16.1 Å². The molecule has 3 N–H and O–H groups in total.